The van der Waals surface area contributed by atoms with Gasteiger partial charge in [0.15, 0.2) is 0 Å². The van der Waals surface area contributed by atoms with Crippen LogP contribution >= 0.6 is 0 Å². The normalized spacial score (nSPS) is 33.5. The van der Waals surface area contributed by atoms with E-state index in [0.29, 0.717) is 32.2 Å². The van der Waals surface area contributed by atoms with Gasteiger partial charge >= 0.3 is 14.9 Å². The van der Waals surface area contributed by atoms with Crippen molar-refractivity contribution in [3.63, 3.8) is 0 Å². The van der Waals surface area contributed by atoms with Crippen molar-refractivity contribution >= 4 is 20.8 Å². The van der Waals surface area contributed by atoms with Gasteiger partial charge in [0.05, 0.1) is 18.8 Å². The first kappa shape index (κ1) is 19.6. The van der Waals surface area contributed by atoms with Crippen LogP contribution < -0.4 is 5.32 Å². The molecule has 4 atom stereocenters. The average Bonchev–Trinajstić information content (AvgIpc) is 3.23. The molecule has 8 nitrogen and oxygen atoms in total. The lowest BCUT2D eigenvalue weighted by molar-refractivity contribution is -0.125. The summed E-state index contributed by atoms with van der Waals surface area (Å²) in [6.45, 7) is 9.16. The Labute approximate surface area is 155 Å². The summed E-state index contributed by atoms with van der Waals surface area (Å²) in [4.78, 5) is 26.3. The van der Waals surface area contributed by atoms with Crippen LogP contribution in [0.4, 0.5) is 4.79 Å². The molecule has 0 aromatic carbocycles. The minimum Gasteiger partial charge on any atom is -0.444 e. The molecule has 9 heteroatoms. The van der Waals surface area contributed by atoms with E-state index in [4.69, 9.17) is 18.0 Å². The quantitative estimate of drug-likeness (QED) is 0.571. The fourth-order valence-electron chi connectivity index (χ4n) is 3.56. The molecule has 3 fully saturated rings. The van der Waals surface area contributed by atoms with Gasteiger partial charge in [0.1, 0.15) is 11.6 Å². The highest BCUT2D eigenvalue weighted by Crippen LogP contribution is 2.36. The van der Waals surface area contributed by atoms with E-state index in [-0.39, 0.29) is 18.1 Å². The Bertz CT molecular complexity index is 550. The van der Waals surface area contributed by atoms with E-state index in [1.807, 2.05) is 27.7 Å². The van der Waals surface area contributed by atoms with E-state index in [1.54, 1.807) is 0 Å². The van der Waals surface area contributed by atoms with E-state index in [9.17, 15) is 9.59 Å². The molecule has 148 valence electrons. The predicted octanol–water partition coefficient (Wildman–Crippen LogP) is 1.67. The number of ether oxygens (including phenoxy) is 1. The van der Waals surface area contributed by atoms with Gasteiger partial charge in [0.25, 0.3) is 0 Å². The smallest absolute Gasteiger partial charge is 0.444 e. The van der Waals surface area contributed by atoms with Crippen LogP contribution in [0.5, 0.6) is 0 Å². The Morgan fingerprint density at radius 2 is 2.08 bits per heavy atom. The third-order valence-electron chi connectivity index (χ3n) is 4.83. The fourth-order valence-corrected chi connectivity index (χ4v) is 6.60. The summed E-state index contributed by atoms with van der Waals surface area (Å²) in [5, 5.41) is 2.93. The lowest BCUT2D eigenvalue weighted by atomic mass is 10.2. The molecular weight excluding hydrogens is 356 g/mol. The van der Waals surface area contributed by atoms with Gasteiger partial charge in [-0.25, -0.2) is 4.79 Å². The maximum absolute atomic E-state index is 12.5. The molecule has 2 bridgehead atoms. The Kier molecular flexibility index (Phi) is 5.62. The molecule has 3 heterocycles. The molecule has 0 aromatic rings. The van der Waals surface area contributed by atoms with Crippen molar-refractivity contribution in [2.24, 2.45) is 0 Å². The summed E-state index contributed by atoms with van der Waals surface area (Å²) in [6, 6.07) is 0.251. The van der Waals surface area contributed by atoms with Gasteiger partial charge in [0.2, 0.25) is 5.91 Å². The maximum Gasteiger partial charge on any atom is 0.501 e. The van der Waals surface area contributed by atoms with Gasteiger partial charge in [-0.3, -0.25) is 9.69 Å². The number of likely N-dealkylation sites (tertiary alicyclic amines) is 1. The van der Waals surface area contributed by atoms with Crippen LogP contribution in [-0.4, -0.2) is 69.3 Å². The lowest BCUT2D eigenvalue weighted by Gasteiger charge is -2.28. The van der Waals surface area contributed by atoms with Crippen LogP contribution in [-0.2, 0) is 22.8 Å². The first-order chi connectivity index (χ1) is 12.2. The second-order valence-electron chi connectivity index (χ2n) is 8.20. The van der Waals surface area contributed by atoms with Crippen LogP contribution in [0.25, 0.3) is 0 Å². The Balaban J connectivity index is 1.42. The van der Waals surface area contributed by atoms with E-state index in [1.165, 1.54) is 4.90 Å². The highest BCUT2D eigenvalue weighted by Gasteiger charge is 2.57. The Morgan fingerprint density at radius 1 is 1.31 bits per heavy atom. The van der Waals surface area contributed by atoms with E-state index in [0.717, 1.165) is 12.8 Å². The minimum absolute atomic E-state index is 0.0668. The third kappa shape index (κ3) is 4.38. The zero-order valence-electron chi connectivity index (χ0n) is 16.1. The Morgan fingerprint density at radius 3 is 2.69 bits per heavy atom. The number of carbonyl (C=O) groups is 2. The first-order valence-electron chi connectivity index (χ1n) is 9.46. The predicted molar refractivity (Wildman–Crippen MR) is 95.5 cm³/mol. The van der Waals surface area contributed by atoms with Crippen molar-refractivity contribution in [1.82, 2.24) is 10.2 Å². The summed E-state index contributed by atoms with van der Waals surface area (Å²) in [6.07, 6.45) is 1.95. The molecule has 0 saturated carbocycles. The largest absolute Gasteiger partial charge is 0.501 e. The highest BCUT2D eigenvalue weighted by molar-refractivity contribution is 6.62. The standard InChI is InChI=1S/C17H30N2O6Si/c1-12-14-11-22-26(24-12,25-14)10-6-8-18-15(20)13-7-5-9-19(13)16(21)23-17(2,3)4/h12-14H,5-11H2,1-4H3,(H,18,20)/t12?,13-,14?,26?/m0/s1. The van der Waals surface area contributed by atoms with Crippen LogP contribution in [0.3, 0.4) is 0 Å². The van der Waals surface area contributed by atoms with Crippen molar-refractivity contribution in [3.05, 3.63) is 0 Å². The van der Waals surface area contributed by atoms with Crippen molar-refractivity contribution in [2.45, 2.75) is 76.9 Å². The molecule has 0 spiro atoms. The topological polar surface area (TPSA) is 86.3 Å². The van der Waals surface area contributed by atoms with Crippen LogP contribution in [0.15, 0.2) is 0 Å². The van der Waals surface area contributed by atoms with E-state index < -0.39 is 26.5 Å². The summed E-state index contributed by atoms with van der Waals surface area (Å²) in [5.74, 6) is -0.126. The molecule has 0 radical (unpaired) electrons. The third-order valence-corrected chi connectivity index (χ3v) is 7.80. The van der Waals surface area contributed by atoms with E-state index >= 15 is 0 Å². The number of carbonyl (C=O) groups excluding carboxylic acids is 2. The molecular formula is C17H30N2O6Si. The molecule has 26 heavy (non-hydrogen) atoms. The average molecular weight is 387 g/mol. The summed E-state index contributed by atoms with van der Waals surface area (Å²) >= 11 is 0. The number of rotatable bonds is 5. The minimum atomic E-state index is -2.49. The summed E-state index contributed by atoms with van der Waals surface area (Å²) < 4.78 is 22.9. The molecule has 2 amide bonds. The first-order valence-corrected chi connectivity index (χ1v) is 11.4. The van der Waals surface area contributed by atoms with Crippen molar-refractivity contribution in [1.29, 1.82) is 0 Å². The second kappa shape index (κ2) is 7.45. The number of hydrogen-bond donors (Lipinski definition) is 1. The van der Waals surface area contributed by atoms with Gasteiger partial charge in [-0.1, -0.05) is 0 Å². The van der Waals surface area contributed by atoms with Crippen molar-refractivity contribution in [3.8, 4) is 0 Å². The molecule has 3 rings (SSSR count). The fraction of sp³-hybridized carbons (Fsp3) is 0.882. The SMILES string of the molecule is CC1O[Si]2(CCCNC(=O)[C@@H]3CCCN3C(=O)OC(C)(C)C)OCC1O2. The van der Waals surface area contributed by atoms with Gasteiger partial charge < -0.3 is 23.3 Å². The maximum atomic E-state index is 12.5. The molecule has 1 N–H and O–H groups in total. The number of nitrogens with one attached hydrogen (secondary N) is 1. The molecule has 3 saturated heterocycles. The molecule has 3 aliphatic rings. The van der Waals surface area contributed by atoms with Crippen molar-refractivity contribution in [2.75, 3.05) is 19.7 Å². The number of fused-ring (bicyclic) bond motifs is 2. The van der Waals surface area contributed by atoms with Gasteiger partial charge in [-0.15, -0.1) is 0 Å². The zero-order chi connectivity index (χ0) is 18.9. The van der Waals surface area contributed by atoms with Gasteiger partial charge in [-0.05, 0) is 47.0 Å². The molecule has 0 aliphatic carbocycles. The van der Waals surface area contributed by atoms with Crippen LogP contribution in [0, 0.1) is 0 Å². The lowest BCUT2D eigenvalue weighted by Crippen LogP contribution is -2.48. The molecule has 3 aliphatic heterocycles. The van der Waals surface area contributed by atoms with Crippen molar-refractivity contribution < 1.29 is 27.6 Å². The van der Waals surface area contributed by atoms with Gasteiger partial charge in [0, 0.05) is 19.1 Å². The number of amides is 2. The highest BCUT2D eigenvalue weighted by atomic mass is 28.4. The van der Waals surface area contributed by atoms with Gasteiger partial charge in [-0.2, -0.15) is 0 Å². The number of nitrogens with zero attached hydrogens (tertiary/aromatic N) is 1. The zero-order valence-corrected chi connectivity index (χ0v) is 17.1. The second-order valence-corrected chi connectivity index (χ2v) is 10.8. The summed E-state index contributed by atoms with van der Waals surface area (Å²) in [7, 11) is -2.49. The summed E-state index contributed by atoms with van der Waals surface area (Å²) in [5.41, 5.74) is -0.567. The van der Waals surface area contributed by atoms with Crippen LogP contribution in [0.2, 0.25) is 6.04 Å². The Hall–Kier alpha value is -1.16. The van der Waals surface area contributed by atoms with Crippen LogP contribution in [0.1, 0.15) is 47.0 Å². The molecule has 3 unspecified atom stereocenters. The van der Waals surface area contributed by atoms with E-state index in [2.05, 4.69) is 5.32 Å². The monoisotopic (exact) mass is 386 g/mol. The number of hydrogen-bond acceptors (Lipinski definition) is 6. The molecule has 0 aromatic heterocycles.